The van der Waals surface area contributed by atoms with Crippen LogP contribution in [0.15, 0.2) is 121 Å². The number of aliphatic hydroxyl groups is 1. The number of halogens is 6. The number of unbranched alkanes of at least 4 members (excludes halogenated alkanes) is 2. The summed E-state index contributed by atoms with van der Waals surface area (Å²) in [6.45, 7) is 7.50. The SMILES string of the molecule is Cc1c(/C=C/c2cc(CNC(C)(C)C(=O)O)ccc2C(F)(F)F)cccc1C1=CC(=N)/C(=C\CCCCOC(=O)C(C)(CO)NCc2ccc(C(F)(F)F)c(/C=C/c3cccc(-c4cnccn4)c3C)c2)C=C1. The second-order valence-corrected chi connectivity index (χ2v) is 18.4. The molecule has 73 heavy (non-hydrogen) atoms. The zero-order valence-corrected chi connectivity index (χ0v) is 41.0. The van der Waals surface area contributed by atoms with Crippen LogP contribution in [0, 0.1) is 19.3 Å². The number of esters is 1. The highest BCUT2D eigenvalue weighted by Gasteiger charge is 2.36. The number of carboxylic acids is 1. The van der Waals surface area contributed by atoms with Crippen LogP contribution >= 0.6 is 0 Å². The zero-order chi connectivity index (χ0) is 53.1. The fourth-order valence-corrected chi connectivity index (χ4v) is 7.91. The van der Waals surface area contributed by atoms with E-state index in [-0.39, 0.29) is 36.5 Å². The number of carbonyl (C=O) groups excluding carboxylic acids is 1. The van der Waals surface area contributed by atoms with Gasteiger partial charge in [-0.25, -0.2) is 4.79 Å². The van der Waals surface area contributed by atoms with E-state index < -0.39 is 53.1 Å². The minimum atomic E-state index is -4.63. The van der Waals surface area contributed by atoms with Crippen molar-refractivity contribution in [2.24, 2.45) is 0 Å². The van der Waals surface area contributed by atoms with Crippen molar-refractivity contribution in [3.63, 3.8) is 0 Å². The van der Waals surface area contributed by atoms with Gasteiger partial charge < -0.3 is 20.4 Å². The smallest absolute Gasteiger partial charge is 0.416 e. The molecule has 0 bridgehead atoms. The van der Waals surface area contributed by atoms with Crippen LogP contribution in [-0.2, 0) is 39.8 Å². The molecule has 16 heteroatoms. The average Bonchev–Trinajstić information content (AvgIpc) is 3.35. The summed E-state index contributed by atoms with van der Waals surface area (Å²) < 4.78 is 90.0. The van der Waals surface area contributed by atoms with Crippen LogP contribution in [0.5, 0.6) is 0 Å². The summed E-state index contributed by atoms with van der Waals surface area (Å²) in [5, 5.41) is 34.2. The first-order valence-electron chi connectivity index (χ1n) is 23.4. The van der Waals surface area contributed by atoms with Gasteiger partial charge in [-0.2, -0.15) is 26.3 Å². The van der Waals surface area contributed by atoms with Gasteiger partial charge in [0.25, 0.3) is 0 Å². The lowest BCUT2D eigenvalue weighted by Gasteiger charge is -2.27. The molecule has 0 spiro atoms. The lowest BCUT2D eigenvalue weighted by molar-refractivity contribution is -0.153. The third-order valence-corrected chi connectivity index (χ3v) is 12.6. The summed E-state index contributed by atoms with van der Waals surface area (Å²) >= 11 is 0. The van der Waals surface area contributed by atoms with Gasteiger partial charge in [0, 0.05) is 31.0 Å². The molecule has 0 saturated heterocycles. The molecule has 1 heterocycles. The second kappa shape index (κ2) is 23.5. The van der Waals surface area contributed by atoms with E-state index in [1.807, 2.05) is 44.2 Å². The number of nitrogens with one attached hydrogen (secondary N) is 3. The third-order valence-electron chi connectivity index (χ3n) is 12.6. The van der Waals surface area contributed by atoms with Crippen LogP contribution in [0.2, 0.25) is 0 Å². The molecule has 0 saturated carbocycles. The quantitative estimate of drug-likeness (QED) is 0.0222. The van der Waals surface area contributed by atoms with Crippen LogP contribution in [-0.4, -0.2) is 62.1 Å². The van der Waals surface area contributed by atoms with Gasteiger partial charge in [-0.1, -0.05) is 91.1 Å². The number of benzene rings is 4. The van der Waals surface area contributed by atoms with Crippen molar-refractivity contribution < 1.29 is 50.9 Å². The van der Waals surface area contributed by atoms with Crippen LogP contribution in [0.25, 0.3) is 41.1 Å². The van der Waals surface area contributed by atoms with Crippen molar-refractivity contribution >= 4 is 47.5 Å². The number of carboxylic acid groups (broad SMARTS) is 1. The number of alkyl halides is 6. The van der Waals surface area contributed by atoms with E-state index in [1.165, 1.54) is 57.2 Å². The van der Waals surface area contributed by atoms with E-state index in [0.29, 0.717) is 52.8 Å². The van der Waals surface area contributed by atoms with Crippen LogP contribution < -0.4 is 10.6 Å². The molecule has 0 radical (unpaired) electrons. The maximum absolute atomic E-state index is 14.1. The number of ether oxygens (including phenoxy) is 1. The number of aliphatic carboxylic acids is 1. The van der Waals surface area contributed by atoms with Crippen molar-refractivity contribution in [3.8, 4) is 11.3 Å². The highest BCUT2D eigenvalue weighted by atomic mass is 19.4. The summed E-state index contributed by atoms with van der Waals surface area (Å²) in [7, 11) is 0. The van der Waals surface area contributed by atoms with Gasteiger partial charge in [0.1, 0.15) is 11.1 Å². The summed E-state index contributed by atoms with van der Waals surface area (Å²) in [6, 6.07) is 18.3. The van der Waals surface area contributed by atoms with E-state index in [0.717, 1.165) is 40.0 Å². The molecule has 5 N–H and O–H groups in total. The van der Waals surface area contributed by atoms with Gasteiger partial charge in [-0.05, 0) is 145 Å². The first kappa shape index (κ1) is 55.1. The molecular formula is C57H57F6N5O5. The number of nitrogens with zero attached hydrogens (tertiary/aromatic N) is 2. The van der Waals surface area contributed by atoms with Crippen LogP contribution in [0.1, 0.15) is 101 Å². The predicted octanol–water partition coefficient (Wildman–Crippen LogP) is 12.2. The predicted molar refractivity (Wildman–Crippen MR) is 273 cm³/mol. The van der Waals surface area contributed by atoms with Gasteiger partial charge in [0.15, 0.2) is 0 Å². The lowest BCUT2D eigenvalue weighted by Crippen LogP contribution is -2.53. The Morgan fingerprint density at radius 1 is 0.726 bits per heavy atom. The highest BCUT2D eigenvalue weighted by molar-refractivity contribution is 6.15. The molecule has 1 aromatic heterocycles. The first-order valence-corrected chi connectivity index (χ1v) is 23.4. The Kier molecular flexibility index (Phi) is 17.7. The summed E-state index contributed by atoms with van der Waals surface area (Å²) in [5.41, 5.74) is 3.16. The van der Waals surface area contributed by atoms with Gasteiger partial charge in [-0.15, -0.1) is 0 Å². The molecule has 1 aliphatic carbocycles. The summed E-state index contributed by atoms with van der Waals surface area (Å²) in [5.74, 6) is -1.82. The third kappa shape index (κ3) is 14.2. The van der Waals surface area contributed by atoms with Gasteiger partial charge in [0.05, 0.1) is 41.9 Å². The second-order valence-electron chi connectivity index (χ2n) is 18.4. The number of allylic oxidation sites excluding steroid dienone is 6. The van der Waals surface area contributed by atoms with Crippen molar-refractivity contribution in [1.29, 1.82) is 5.41 Å². The largest absolute Gasteiger partial charge is 0.480 e. The topological polar surface area (TPSA) is 158 Å². The molecule has 6 rings (SSSR count). The monoisotopic (exact) mass is 1010 g/mol. The normalized spacial score (nSPS) is 14.8. The standard InChI is InChI=1S/C57H57F6N5O5/c1-36-40(18-22-44-29-38(16-24-48(44)56(58,59)60)32-67-54(3,4)52(70)71)12-9-14-46(36)43-21-20-42(50(64)31-43)11-7-6-8-28-73-53(72)55(5,35-69)68-33-39-17-25-49(57(61,62)63)45(30-39)23-19-41-13-10-15-47(37(41)2)51-34-65-26-27-66-51/h9-27,29-31,34,64,67-69H,6-8,28,32-33,35H2,1-5H3,(H,70,71)/b22-18+,23-19+,42-11-,64-50?. The minimum absolute atomic E-state index is 0.0403. The fraction of sp³-hybridized carbons (Fsp3) is 0.281. The summed E-state index contributed by atoms with van der Waals surface area (Å²) in [6.07, 6.45) is 10.4. The summed E-state index contributed by atoms with van der Waals surface area (Å²) in [4.78, 5) is 33.2. The molecule has 10 nitrogen and oxygen atoms in total. The molecule has 0 amide bonds. The number of aliphatic hydroxyl groups excluding tert-OH is 1. The Morgan fingerprint density at radius 2 is 1.29 bits per heavy atom. The first-order chi connectivity index (χ1) is 34.5. The van der Waals surface area contributed by atoms with Crippen LogP contribution in [0.3, 0.4) is 0 Å². The number of carbonyl (C=O) groups is 2. The average molecular weight is 1010 g/mol. The fourth-order valence-electron chi connectivity index (χ4n) is 7.91. The Balaban J connectivity index is 1.02. The zero-order valence-electron chi connectivity index (χ0n) is 41.0. The molecular weight excluding hydrogens is 949 g/mol. The maximum Gasteiger partial charge on any atom is 0.416 e. The lowest BCUT2D eigenvalue weighted by atomic mass is 9.90. The van der Waals surface area contributed by atoms with Crippen molar-refractivity contribution in [3.05, 3.63) is 182 Å². The molecule has 1 unspecified atom stereocenters. The van der Waals surface area contributed by atoms with Gasteiger partial charge in [-0.3, -0.25) is 25.4 Å². The van der Waals surface area contributed by atoms with E-state index in [4.69, 9.17) is 10.1 Å². The maximum atomic E-state index is 14.1. The number of rotatable bonds is 20. The Morgan fingerprint density at radius 3 is 1.82 bits per heavy atom. The van der Waals surface area contributed by atoms with E-state index >= 15 is 0 Å². The van der Waals surface area contributed by atoms with Gasteiger partial charge >= 0.3 is 24.3 Å². The van der Waals surface area contributed by atoms with Crippen molar-refractivity contribution in [2.75, 3.05) is 13.2 Å². The van der Waals surface area contributed by atoms with Crippen molar-refractivity contribution in [1.82, 2.24) is 20.6 Å². The molecule has 5 aromatic rings. The minimum Gasteiger partial charge on any atom is -0.480 e. The highest BCUT2D eigenvalue weighted by Crippen LogP contribution is 2.36. The number of aromatic nitrogens is 2. The molecule has 0 fully saturated rings. The van der Waals surface area contributed by atoms with Crippen LogP contribution in [0.4, 0.5) is 26.3 Å². The Labute approximate surface area is 420 Å². The Bertz CT molecular complexity index is 2990. The van der Waals surface area contributed by atoms with E-state index in [2.05, 4.69) is 20.6 Å². The molecule has 1 aliphatic rings. The van der Waals surface area contributed by atoms with Gasteiger partial charge in [0.2, 0.25) is 0 Å². The number of hydrogen-bond donors (Lipinski definition) is 5. The molecule has 1 atom stereocenters. The molecule has 382 valence electrons. The van der Waals surface area contributed by atoms with E-state index in [1.54, 1.807) is 61.1 Å². The Hall–Kier alpha value is -7.27. The van der Waals surface area contributed by atoms with E-state index in [9.17, 15) is 46.1 Å². The molecule has 0 aliphatic heterocycles. The van der Waals surface area contributed by atoms with Crippen molar-refractivity contribution in [2.45, 2.75) is 90.4 Å². The number of hydrogen-bond acceptors (Lipinski definition) is 9. The molecule has 4 aromatic carbocycles.